The molecule has 2 aromatic rings. The van der Waals surface area contributed by atoms with Gasteiger partial charge in [0.15, 0.2) is 0 Å². The Kier molecular flexibility index (Phi) is 4.28. The van der Waals surface area contributed by atoms with Crippen molar-refractivity contribution in [3.05, 3.63) is 52.5 Å². The van der Waals surface area contributed by atoms with Crippen molar-refractivity contribution < 1.29 is 8.42 Å². The van der Waals surface area contributed by atoms with Crippen LogP contribution in [0.2, 0.25) is 0 Å². The van der Waals surface area contributed by atoms with Crippen molar-refractivity contribution in [2.24, 2.45) is 0 Å². The number of benzene rings is 1. The van der Waals surface area contributed by atoms with E-state index in [9.17, 15) is 8.42 Å². The Morgan fingerprint density at radius 1 is 1.21 bits per heavy atom. The summed E-state index contributed by atoms with van der Waals surface area (Å²) < 4.78 is 27.2. The van der Waals surface area contributed by atoms with Gasteiger partial charge in [-0.3, -0.25) is 9.97 Å². The summed E-state index contributed by atoms with van der Waals surface area (Å²) in [4.78, 5) is 8.36. The third-order valence-electron chi connectivity index (χ3n) is 2.40. The van der Waals surface area contributed by atoms with Crippen LogP contribution in [0.25, 0.3) is 0 Å². The predicted octanol–water partition coefficient (Wildman–Crippen LogP) is 2.03. The van der Waals surface area contributed by atoms with Gasteiger partial charge in [-0.1, -0.05) is 12.1 Å². The second kappa shape index (κ2) is 5.77. The number of aromatic nitrogens is 2. The quantitative estimate of drug-likeness (QED) is 0.923. The highest BCUT2D eigenvalue weighted by atomic mass is 79.9. The van der Waals surface area contributed by atoms with E-state index in [0.29, 0.717) is 10.2 Å². The zero-order valence-corrected chi connectivity index (χ0v) is 12.6. The first kappa shape index (κ1) is 14.1. The Balaban J connectivity index is 2.14. The summed E-state index contributed by atoms with van der Waals surface area (Å²) in [5.74, 6) is 0. The number of nitrogens with zero attached hydrogens (tertiary/aromatic N) is 2. The lowest BCUT2D eigenvalue weighted by Gasteiger charge is -2.07. The third-order valence-corrected chi connectivity index (χ3v) is 4.82. The van der Waals surface area contributed by atoms with Crippen LogP contribution in [-0.2, 0) is 16.6 Å². The number of sulfonamides is 1. The number of hydrogen-bond donors (Lipinski definition) is 1. The van der Waals surface area contributed by atoms with Gasteiger partial charge in [-0.15, -0.1) is 0 Å². The van der Waals surface area contributed by atoms with Gasteiger partial charge in [0.1, 0.15) is 0 Å². The lowest BCUT2D eigenvalue weighted by molar-refractivity contribution is 0.580. The summed E-state index contributed by atoms with van der Waals surface area (Å²) in [6, 6.07) is 6.65. The number of hydrogen-bond acceptors (Lipinski definition) is 4. The second-order valence-corrected chi connectivity index (χ2v) is 6.49. The van der Waals surface area contributed by atoms with Crippen LogP contribution in [0.1, 0.15) is 11.4 Å². The minimum Gasteiger partial charge on any atom is -0.258 e. The molecular formula is C12H12BrN3O2S. The highest BCUT2D eigenvalue weighted by Crippen LogP contribution is 2.20. The van der Waals surface area contributed by atoms with E-state index in [0.717, 1.165) is 5.69 Å². The molecule has 0 saturated carbocycles. The zero-order chi connectivity index (χ0) is 13.9. The van der Waals surface area contributed by atoms with Crippen molar-refractivity contribution in [2.45, 2.75) is 18.4 Å². The van der Waals surface area contributed by atoms with Crippen molar-refractivity contribution in [1.82, 2.24) is 14.7 Å². The maximum Gasteiger partial charge on any atom is 0.242 e. The predicted molar refractivity (Wildman–Crippen MR) is 74.9 cm³/mol. The molecule has 2 rings (SSSR count). The van der Waals surface area contributed by atoms with Gasteiger partial charge in [0.25, 0.3) is 0 Å². The van der Waals surface area contributed by atoms with Crippen LogP contribution in [0.4, 0.5) is 0 Å². The van der Waals surface area contributed by atoms with Crippen LogP contribution < -0.4 is 4.72 Å². The van der Waals surface area contributed by atoms with Crippen LogP contribution in [0.15, 0.2) is 46.0 Å². The molecule has 1 aromatic heterocycles. The molecule has 0 radical (unpaired) electrons. The van der Waals surface area contributed by atoms with Gasteiger partial charge in [0.05, 0.1) is 29.0 Å². The summed E-state index contributed by atoms with van der Waals surface area (Å²) in [5, 5.41) is 0. The minimum atomic E-state index is -3.56. The topological polar surface area (TPSA) is 72.0 Å². The smallest absolute Gasteiger partial charge is 0.242 e. The average Bonchev–Trinajstić information content (AvgIpc) is 2.38. The fourth-order valence-corrected chi connectivity index (χ4v) is 3.42. The number of rotatable bonds is 4. The monoisotopic (exact) mass is 341 g/mol. The summed E-state index contributed by atoms with van der Waals surface area (Å²) >= 11 is 3.22. The summed E-state index contributed by atoms with van der Waals surface area (Å²) in [5.41, 5.74) is 1.36. The zero-order valence-electron chi connectivity index (χ0n) is 10.2. The fourth-order valence-electron chi connectivity index (χ4n) is 1.42. The Morgan fingerprint density at radius 2 is 1.95 bits per heavy atom. The average molecular weight is 342 g/mol. The molecule has 0 atom stereocenters. The van der Waals surface area contributed by atoms with Crippen molar-refractivity contribution in [3.63, 3.8) is 0 Å². The standard InChI is InChI=1S/C12H12BrN3O2S/c1-9-6-15-10(7-14-9)8-16-19(17,18)12-5-3-2-4-11(12)13/h2-7,16H,8H2,1H3. The van der Waals surface area contributed by atoms with Gasteiger partial charge >= 0.3 is 0 Å². The van der Waals surface area contributed by atoms with E-state index in [2.05, 4.69) is 30.6 Å². The third kappa shape index (κ3) is 3.59. The van der Waals surface area contributed by atoms with Crippen LogP contribution in [0.5, 0.6) is 0 Å². The molecule has 0 aliphatic carbocycles. The van der Waals surface area contributed by atoms with Crippen LogP contribution in [-0.4, -0.2) is 18.4 Å². The van der Waals surface area contributed by atoms with E-state index in [1.165, 1.54) is 6.07 Å². The summed E-state index contributed by atoms with van der Waals surface area (Å²) in [7, 11) is -3.56. The SMILES string of the molecule is Cc1cnc(CNS(=O)(=O)c2ccccc2Br)cn1. The molecule has 5 nitrogen and oxygen atoms in total. The second-order valence-electron chi connectivity index (χ2n) is 3.90. The van der Waals surface area contributed by atoms with Crippen molar-refractivity contribution in [1.29, 1.82) is 0 Å². The van der Waals surface area contributed by atoms with Crippen molar-refractivity contribution in [3.8, 4) is 0 Å². The molecule has 19 heavy (non-hydrogen) atoms. The highest BCUT2D eigenvalue weighted by Gasteiger charge is 2.16. The molecule has 0 saturated heterocycles. The molecule has 0 unspecified atom stereocenters. The van der Waals surface area contributed by atoms with Gasteiger partial charge < -0.3 is 0 Å². The van der Waals surface area contributed by atoms with E-state index in [-0.39, 0.29) is 11.4 Å². The summed E-state index contributed by atoms with van der Waals surface area (Å²) in [6.07, 6.45) is 3.15. The number of aryl methyl sites for hydroxylation is 1. The molecule has 100 valence electrons. The van der Waals surface area contributed by atoms with E-state index >= 15 is 0 Å². The van der Waals surface area contributed by atoms with Crippen molar-refractivity contribution >= 4 is 26.0 Å². The van der Waals surface area contributed by atoms with E-state index in [1.54, 1.807) is 30.6 Å². The molecule has 1 aromatic carbocycles. The largest absolute Gasteiger partial charge is 0.258 e. The minimum absolute atomic E-state index is 0.108. The van der Waals surface area contributed by atoms with Crippen LogP contribution in [0, 0.1) is 6.92 Å². The lowest BCUT2D eigenvalue weighted by atomic mass is 10.4. The maximum absolute atomic E-state index is 12.1. The van der Waals surface area contributed by atoms with E-state index in [1.807, 2.05) is 6.92 Å². The fraction of sp³-hybridized carbons (Fsp3) is 0.167. The summed E-state index contributed by atoms with van der Waals surface area (Å²) in [6.45, 7) is 1.93. The Hall–Kier alpha value is -1.31. The molecule has 0 fully saturated rings. The molecule has 0 amide bonds. The lowest BCUT2D eigenvalue weighted by Crippen LogP contribution is -2.24. The first-order valence-corrected chi connectivity index (χ1v) is 7.78. The molecule has 0 spiro atoms. The molecule has 1 heterocycles. The first-order valence-electron chi connectivity index (χ1n) is 5.51. The molecule has 0 bridgehead atoms. The molecule has 1 N–H and O–H groups in total. The van der Waals surface area contributed by atoms with Gasteiger partial charge in [-0.05, 0) is 35.0 Å². The van der Waals surface area contributed by atoms with Crippen molar-refractivity contribution in [2.75, 3.05) is 0 Å². The van der Waals surface area contributed by atoms with E-state index in [4.69, 9.17) is 0 Å². The number of nitrogens with one attached hydrogen (secondary N) is 1. The van der Waals surface area contributed by atoms with Gasteiger partial charge in [0, 0.05) is 10.7 Å². The first-order chi connectivity index (χ1) is 8.99. The molecular weight excluding hydrogens is 330 g/mol. The maximum atomic E-state index is 12.1. The Morgan fingerprint density at radius 3 is 2.58 bits per heavy atom. The van der Waals surface area contributed by atoms with Gasteiger partial charge in [0.2, 0.25) is 10.0 Å². The van der Waals surface area contributed by atoms with Crippen LogP contribution in [0.3, 0.4) is 0 Å². The molecule has 0 aliphatic rings. The normalized spacial score (nSPS) is 11.5. The van der Waals surface area contributed by atoms with E-state index < -0.39 is 10.0 Å². The van der Waals surface area contributed by atoms with Crippen LogP contribution >= 0.6 is 15.9 Å². The Labute approximate surface area is 120 Å². The molecule has 7 heteroatoms. The van der Waals surface area contributed by atoms with Gasteiger partial charge in [-0.2, -0.15) is 0 Å². The van der Waals surface area contributed by atoms with Gasteiger partial charge in [-0.25, -0.2) is 13.1 Å². The number of halogens is 1. The Bertz CT molecular complexity index is 672. The molecule has 0 aliphatic heterocycles. The highest BCUT2D eigenvalue weighted by molar-refractivity contribution is 9.10.